The van der Waals surface area contributed by atoms with Crippen LogP contribution in [0, 0.1) is 0 Å². The van der Waals surface area contributed by atoms with E-state index in [0.29, 0.717) is 34.1 Å². The van der Waals surface area contributed by atoms with Gasteiger partial charge in [0.2, 0.25) is 9.84 Å². The summed E-state index contributed by atoms with van der Waals surface area (Å²) in [7, 11) is -3.56. The third-order valence-corrected chi connectivity index (χ3v) is 6.60. The van der Waals surface area contributed by atoms with Crippen molar-refractivity contribution in [2.45, 2.75) is 9.79 Å². The lowest BCUT2D eigenvalue weighted by Gasteiger charge is -2.09. The Morgan fingerprint density at radius 3 is 1.31 bits per heavy atom. The number of sulfone groups is 1. The summed E-state index contributed by atoms with van der Waals surface area (Å²) in [4.78, 5) is 0.564. The predicted octanol–water partition coefficient (Wildman–Crippen LogP) is 6.08. The molecule has 1 aliphatic heterocycles. The van der Waals surface area contributed by atoms with Crippen LogP contribution in [-0.4, -0.2) is 8.42 Å². The molecule has 4 aromatic carbocycles. The zero-order valence-electron chi connectivity index (χ0n) is 15.3. The number of hydrogen-bond donors (Lipinski definition) is 0. The van der Waals surface area contributed by atoms with Crippen LogP contribution in [0.25, 0.3) is 11.1 Å². The third-order valence-electron chi connectivity index (χ3n) is 4.73. The van der Waals surface area contributed by atoms with Crippen molar-refractivity contribution in [1.29, 1.82) is 0 Å². The van der Waals surface area contributed by atoms with Gasteiger partial charge in [0.05, 0.1) is 9.79 Å². The monoisotopic (exact) mass is 400 g/mol. The molecule has 0 aromatic heterocycles. The van der Waals surface area contributed by atoms with E-state index in [9.17, 15) is 8.42 Å². The number of benzene rings is 4. The molecule has 0 radical (unpaired) electrons. The molecule has 4 aromatic rings. The maximum atomic E-state index is 12.9. The zero-order chi connectivity index (χ0) is 19.8. The maximum Gasteiger partial charge on any atom is 0.207 e. The third kappa shape index (κ3) is 3.15. The Kier molecular flexibility index (Phi) is 4.11. The van der Waals surface area contributed by atoms with Crippen molar-refractivity contribution in [3.8, 4) is 34.1 Å². The molecule has 0 saturated carbocycles. The van der Waals surface area contributed by atoms with Crippen LogP contribution >= 0.6 is 0 Å². The molecule has 0 atom stereocenters. The molecular formula is C24H16O4S. The molecule has 0 N–H and O–H groups in total. The summed E-state index contributed by atoms with van der Waals surface area (Å²) in [5, 5.41) is 0. The van der Waals surface area contributed by atoms with E-state index in [1.807, 2.05) is 60.7 Å². The van der Waals surface area contributed by atoms with Crippen LogP contribution in [0.2, 0.25) is 0 Å². The lowest BCUT2D eigenvalue weighted by Crippen LogP contribution is -1.96. The van der Waals surface area contributed by atoms with Gasteiger partial charge in [-0.3, -0.25) is 0 Å². The normalized spacial score (nSPS) is 13.4. The van der Waals surface area contributed by atoms with Crippen molar-refractivity contribution < 1.29 is 17.9 Å². The Morgan fingerprint density at radius 2 is 0.897 bits per heavy atom. The van der Waals surface area contributed by atoms with Gasteiger partial charge < -0.3 is 9.47 Å². The van der Waals surface area contributed by atoms with E-state index in [4.69, 9.17) is 9.47 Å². The maximum absolute atomic E-state index is 12.9. The summed E-state index contributed by atoms with van der Waals surface area (Å²) in [5.41, 5.74) is 1.24. The molecule has 1 aliphatic rings. The van der Waals surface area contributed by atoms with Gasteiger partial charge >= 0.3 is 0 Å². The van der Waals surface area contributed by atoms with Crippen molar-refractivity contribution >= 4 is 9.84 Å². The van der Waals surface area contributed by atoms with E-state index < -0.39 is 9.84 Å². The second kappa shape index (κ2) is 6.79. The molecule has 29 heavy (non-hydrogen) atoms. The lowest BCUT2D eigenvalue weighted by molar-refractivity contribution is 0.481. The second-order valence-corrected chi connectivity index (χ2v) is 8.54. The summed E-state index contributed by atoms with van der Waals surface area (Å²) >= 11 is 0. The van der Waals surface area contributed by atoms with Crippen molar-refractivity contribution in [2.75, 3.05) is 0 Å². The fourth-order valence-corrected chi connectivity index (χ4v) is 5.05. The number of fused-ring (bicyclic) bond motifs is 3. The molecule has 0 aliphatic carbocycles. The van der Waals surface area contributed by atoms with Gasteiger partial charge in [0, 0.05) is 11.1 Å². The van der Waals surface area contributed by atoms with Gasteiger partial charge in [0.25, 0.3) is 0 Å². The summed E-state index contributed by atoms with van der Waals surface area (Å²) in [6, 6.07) is 28.8. The lowest BCUT2D eigenvalue weighted by atomic mass is 10.1. The number of rotatable bonds is 4. The zero-order valence-corrected chi connectivity index (χ0v) is 16.1. The molecule has 0 fully saturated rings. The highest BCUT2D eigenvalue weighted by Gasteiger charge is 2.33. The van der Waals surface area contributed by atoms with Gasteiger partial charge in [-0.15, -0.1) is 0 Å². The van der Waals surface area contributed by atoms with Crippen molar-refractivity contribution in [3.63, 3.8) is 0 Å². The Bertz CT molecular complexity index is 1200. The standard InChI is InChI=1S/C24H16O4S/c25-29(26)23-13-11-19(27-17-7-3-1-4-8-17)15-21(23)22-16-20(12-14-24(22)29)28-18-9-5-2-6-10-18/h1-16H. The summed E-state index contributed by atoms with van der Waals surface area (Å²) < 4.78 is 37.6. The fourth-order valence-electron chi connectivity index (χ4n) is 3.40. The van der Waals surface area contributed by atoms with Crippen LogP contribution in [0.15, 0.2) is 107 Å². The van der Waals surface area contributed by atoms with E-state index in [1.165, 1.54) is 0 Å². The van der Waals surface area contributed by atoms with Gasteiger partial charge in [0.15, 0.2) is 0 Å². The Morgan fingerprint density at radius 1 is 0.483 bits per heavy atom. The Balaban J connectivity index is 1.56. The van der Waals surface area contributed by atoms with Gasteiger partial charge in [-0.25, -0.2) is 8.42 Å². The van der Waals surface area contributed by atoms with Crippen molar-refractivity contribution in [2.24, 2.45) is 0 Å². The van der Waals surface area contributed by atoms with Crippen LogP contribution in [0.3, 0.4) is 0 Å². The highest BCUT2D eigenvalue weighted by Crippen LogP contribution is 2.46. The first-order chi connectivity index (χ1) is 14.1. The molecule has 1 heterocycles. The quantitative estimate of drug-likeness (QED) is 0.367. The van der Waals surface area contributed by atoms with Gasteiger partial charge in [-0.1, -0.05) is 36.4 Å². The van der Waals surface area contributed by atoms with E-state index >= 15 is 0 Å². The number of hydrogen-bond acceptors (Lipinski definition) is 4. The average Bonchev–Trinajstić information content (AvgIpc) is 2.96. The first-order valence-electron chi connectivity index (χ1n) is 9.11. The topological polar surface area (TPSA) is 52.6 Å². The second-order valence-electron chi connectivity index (χ2n) is 6.65. The first kappa shape index (κ1) is 17.5. The average molecular weight is 400 g/mol. The highest BCUT2D eigenvalue weighted by atomic mass is 32.2. The molecule has 0 unspecified atom stereocenters. The molecule has 5 rings (SSSR count). The minimum absolute atomic E-state index is 0.282. The molecule has 0 bridgehead atoms. The van der Waals surface area contributed by atoms with Crippen LogP contribution in [-0.2, 0) is 9.84 Å². The fraction of sp³-hybridized carbons (Fsp3) is 0. The molecule has 4 nitrogen and oxygen atoms in total. The van der Waals surface area contributed by atoms with Crippen molar-refractivity contribution in [3.05, 3.63) is 97.1 Å². The van der Waals surface area contributed by atoms with Crippen molar-refractivity contribution in [1.82, 2.24) is 0 Å². The van der Waals surface area contributed by atoms with Crippen LogP contribution < -0.4 is 9.47 Å². The number of para-hydroxylation sites is 2. The van der Waals surface area contributed by atoms with Crippen LogP contribution in [0.4, 0.5) is 0 Å². The minimum Gasteiger partial charge on any atom is -0.457 e. The minimum atomic E-state index is -3.56. The highest BCUT2D eigenvalue weighted by molar-refractivity contribution is 7.92. The summed E-state index contributed by atoms with van der Waals surface area (Å²) in [5.74, 6) is 2.53. The van der Waals surface area contributed by atoms with Crippen LogP contribution in [0.1, 0.15) is 0 Å². The first-order valence-corrected chi connectivity index (χ1v) is 10.6. The molecule has 142 valence electrons. The summed E-state index contributed by atoms with van der Waals surface area (Å²) in [6.45, 7) is 0. The SMILES string of the molecule is O=S1(=O)c2ccc(Oc3ccccc3)cc2-c2cc(Oc3ccccc3)ccc21. The predicted molar refractivity (Wildman–Crippen MR) is 110 cm³/mol. The van der Waals surface area contributed by atoms with Gasteiger partial charge in [-0.05, 0) is 60.7 Å². The Hall–Kier alpha value is -3.57. The molecule has 0 amide bonds. The van der Waals surface area contributed by atoms with E-state index in [2.05, 4.69) is 0 Å². The molecule has 5 heteroatoms. The largest absolute Gasteiger partial charge is 0.457 e. The number of ether oxygens (including phenoxy) is 2. The van der Waals surface area contributed by atoms with Gasteiger partial charge in [0.1, 0.15) is 23.0 Å². The van der Waals surface area contributed by atoms with Gasteiger partial charge in [-0.2, -0.15) is 0 Å². The van der Waals surface area contributed by atoms with Crippen LogP contribution in [0.5, 0.6) is 23.0 Å². The molecule has 0 saturated heterocycles. The van der Waals surface area contributed by atoms with E-state index in [0.717, 1.165) is 0 Å². The summed E-state index contributed by atoms with van der Waals surface area (Å²) in [6.07, 6.45) is 0. The van der Waals surface area contributed by atoms with E-state index in [1.54, 1.807) is 36.4 Å². The smallest absolute Gasteiger partial charge is 0.207 e. The Labute approximate surface area is 168 Å². The molecule has 0 spiro atoms. The van der Waals surface area contributed by atoms with E-state index in [-0.39, 0.29) is 9.79 Å². The molecular weight excluding hydrogens is 384 g/mol.